The van der Waals surface area contributed by atoms with Gasteiger partial charge in [-0.2, -0.15) is 5.10 Å². The summed E-state index contributed by atoms with van der Waals surface area (Å²) in [5, 5.41) is 6.32. The van der Waals surface area contributed by atoms with E-state index in [1.807, 2.05) is 0 Å². The quantitative estimate of drug-likeness (QED) is 0.711. The minimum Gasteiger partial charge on any atom is -0.331 e. The Hall–Kier alpha value is -1.84. The number of amides is 1. The van der Waals surface area contributed by atoms with Gasteiger partial charge in [-0.25, -0.2) is 0 Å². The second-order valence-electron chi connectivity index (χ2n) is 2.77. The maximum Gasteiger partial charge on any atom is 0.257 e. The molecule has 0 unspecified atom stereocenters. The molecule has 14 heavy (non-hydrogen) atoms. The minimum atomic E-state index is -0.0708. The van der Waals surface area contributed by atoms with E-state index in [0.717, 1.165) is 0 Å². The summed E-state index contributed by atoms with van der Waals surface area (Å²) in [6, 6.07) is 0. The maximum absolute atomic E-state index is 11.8. The molecular weight excluding hydrogens is 178 g/mol. The van der Waals surface area contributed by atoms with Crippen LogP contribution in [0.15, 0.2) is 37.7 Å². The fraction of sp³-hybridized carbons (Fsp3) is 0.200. The molecule has 0 radical (unpaired) electrons. The Bertz CT molecular complexity index is 306. The SMILES string of the molecule is C=CCN(CC=C)C(=O)c1cn[nH]c1. The Labute approximate surface area is 82.9 Å². The summed E-state index contributed by atoms with van der Waals surface area (Å²) in [7, 11) is 0. The smallest absolute Gasteiger partial charge is 0.257 e. The first-order valence-electron chi connectivity index (χ1n) is 4.29. The van der Waals surface area contributed by atoms with Crippen LogP contribution in [0.1, 0.15) is 10.4 Å². The van der Waals surface area contributed by atoms with E-state index in [-0.39, 0.29) is 5.91 Å². The Kier molecular flexibility index (Phi) is 3.67. The van der Waals surface area contributed by atoms with Crippen molar-refractivity contribution in [3.05, 3.63) is 43.3 Å². The molecule has 0 fully saturated rings. The first kappa shape index (κ1) is 10.2. The number of nitrogens with one attached hydrogen (secondary N) is 1. The summed E-state index contributed by atoms with van der Waals surface area (Å²) in [6.07, 6.45) is 6.44. The van der Waals surface area contributed by atoms with E-state index < -0.39 is 0 Å². The maximum atomic E-state index is 11.8. The number of carbonyl (C=O) groups excluding carboxylic acids is 1. The van der Waals surface area contributed by atoms with Crippen molar-refractivity contribution in [3.8, 4) is 0 Å². The number of carbonyl (C=O) groups is 1. The molecule has 1 rings (SSSR count). The van der Waals surface area contributed by atoms with Crippen molar-refractivity contribution in [2.45, 2.75) is 0 Å². The van der Waals surface area contributed by atoms with Crippen molar-refractivity contribution in [3.63, 3.8) is 0 Å². The molecule has 1 aromatic rings. The Morgan fingerprint density at radius 2 is 2.14 bits per heavy atom. The minimum absolute atomic E-state index is 0.0708. The van der Waals surface area contributed by atoms with E-state index in [1.54, 1.807) is 23.2 Å². The number of aromatic amines is 1. The lowest BCUT2D eigenvalue weighted by atomic mass is 10.3. The molecule has 74 valence electrons. The first-order valence-corrected chi connectivity index (χ1v) is 4.29. The van der Waals surface area contributed by atoms with Crippen LogP contribution >= 0.6 is 0 Å². The van der Waals surface area contributed by atoms with Crippen LogP contribution in [-0.4, -0.2) is 34.1 Å². The van der Waals surface area contributed by atoms with Gasteiger partial charge in [0.2, 0.25) is 0 Å². The molecule has 0 spiro atoms. The van der Waals surface area contributed by atoms with Crippen LogP contribution in [-0.2, 0) is 0 Å². The Morgan fingerprint density at radius 1 is 1.50 bits per heavy atom. The highest BCUT2D eigenvalue weighted by atomic mass is 16.2. The zero-order valence-electron chi connectivity index (χ0n) is 7.94. The molecule has 1 N–H and O–H groups in total. The van der Waals surface area contributed by atoms with Crippen LogP contribution in [0.2, 0.25) is 0 Å². The molecular formula is C10H13N3O. The highest BCUT2D eigenvalue weighted by Crippen LogP contribution is 2.02. The summed E-state index contributed by atoms with van der Waals surface area (Å²) in [4.78, 5) is 13.4. The summed E-state index contributed by atoms with van der Waals surface area (Å²) in [6.45, 7) is 8.21. The zero-order valence-corrected chi connectivity index (χ0v) is 7.94. The monoisotopic (exact) mass is 191 g/mol. The molecule has 0 aliphatic carbocycles. The molecule has 0 aliphatic heterocycles. The van der Waals surface area contributed by atoms with Gasteiger partial charge < -0.3 is 4.90 Å². The van der Waals surface area contributed by atoms with E-state index in [9.17, 15) is 4.79 Å². The summed E-state index contributed by atoms with van der Waals surface area (Å²) < 4.78 is 0. The molecule has 0 aliphatic rings. The van der Waals surface area contributed by atoms with Gasteiger partial charge in [0.15, 0.2) is 0 Å². The van der Waals surface area contributed by atoms with E-state index >= 15 is 0 Å². The highest BCUT2D eigenvalue weighted by molar-refractivity contribution is 5.93. The number of nitrogens with zero attached hydrogens (tertiary/aromatic N) is 2. The molecule has 0 aromatic carbocycles. The molecule has 1 aromatic heterocycles. The van der Waals surface area contributed by atoms with Gasteiger partial charge in [-0.1, -0.05) is 12.2 Å². The van der Waals surface area contributed by atoms with Gasteiger partial charge in [0.25, 0.3) is 5.91 Å². The van der Waals surface area contributed by atoms with Crippen LogP contribution in [0.25, 0.3) is 0 Å². The van der Waals surface area contributed by atoms with Crippen molar-refractivity contribution in [1.29, 1.82) is 0 Å². The summed E-state index contributed by atoms with van der Waals surface area (Å²) in [5.41, 5.74) is 0.550. The molecule has 4 heteroatoms. The first-order chi connectivity index (χ1) is 6.79. The second-order valence-corrected chi connectivity index (χ2v) is 2.77. The molecule has 0 saturated heterocycles. The van der Waals surface area contributed by atoms with Gasteiger partial charge in [-0.05, 0) is 0 Å². The number of H-pyrrole nitrogens is 1. The van der Waals surface area contributed by atoms with Crippen molar-refractivity contribution in [2.24, 2.45) is 0 Å². The third-order valence-corrected chi connectivity index (χ3v) is 1.73. The van der Waals surface area contributed by atoms with Gasteiger partial charge >= 0.3 is 0 Å². The Balaban J connectivity index is 2.72. The van der Waals surface area contributed by atoms with Gasteiger partial charge in [0, 0.05) is 19.3 Å². The van der Waals surface area contributed by atoms with Crippen LogP contribution < -0.4 is 0 Å². The fourth-order valence-electron chi connectivity index (χ4n) is 1.10. The van der Waals surface area contributed by atoms with Gasteiger partial charge in [-0.15, -0.1) is 13.2 Å². The largest absolute Gasteiger partial charge is 0.331 e. The number of aromatic nitrogens is 2. The lowest BCUT2D eigenvalue weighted by Gasteiger charge is -2.17. The topological polar surface area (TPSA) is 49.0 Å². The van der Waals surface area contributed by atoms with E-state index in [1.165, 1.54) is 6.20 Å². The number of hydrogen-bond donors (Lipinski definition) is 1. The molecule has 1 heterocycles. The zero-order chi connectivity index (χ0) is 10.4. The third-order valence-electron chi connectivity index (χ3n) is 1.73. The highest BCUT2D eigenvalue weighted by Gasteiger charge is 2.13. The molecule has 4 nitrogen and oxygen atoms in total. The molecule has 0 atom stereocenters. The van der Waals surface area contributed by atoms with Crippen molar-refractivity contribution in [2.75, 3.05) is 13.1 Å². The second kappa shape index (κ2) is 5.01. The van der Waals surface area contributed by atoms with Crippen LogP contribution in [0.3, 0.4) is 0 Å². The third kappa shape index (κ3) is 2.32. The van der Waals surface area contributed by atoms with Gasteiger partial charge in [-0.3, -0.25) is 9.89 Å². The predicted octanol–water partition coefficient (Wildman–Crippen LogP) is 1.22. The van der Waals surface area contributed by atoms with Crippen molar-refractivity contribution >= 4 is 5.91 Å². The van der Waals surface area contributed by atoms with E-state index in [4.69, 9.17) is 0 Å². The molecule has 1 amide bonds. The van der Waals surface area contributed by atoms with E-state index in [0.29, 0.717) is 18.7 Å². The van der Waals surface area contributed by atoms with E-state index in [2.05, 4.69) is 23.4 Å². The number of rotatable bonds is 5. The van der Waals surface area contributed by atoms with Crippen LogP contribution in [0.4, 0.5) is 0 Å². The standard InChI is InChI=1S/C10H13N3O/c1-3-5-13(6-4-2)10(14)9-7-11-12-8-9/h3-4,7-8H,1-2,5-6H2,(H,11,12). The summed E-state index contributed by atoms with van der Waals surface area (Å²) >= 11 is 0. The number of hydrogen-bond acceptors (Lipinski definition) is 2. The lowest BCUT2D eigenvalue weighted by Crippen LogP contribution is -2.30. The van der Waals surface area contributed by atoms with Crippen LogP contribution in [0.5, 0.6) is 0 Å². The van der Waals surface area contributed by atoms with Gasteiger partial charge in [0.05, 0.1) is 11.8 Å². The average molecular weight is 191 g/mol. The predicted molar refractivity (Wildman–Crippen MR) is 54.9 cm³/mol. The fourth-order valence-corrected chi connectivity index (χ4v) is 1.10. The van der Waals surface area contributed by atoms with Crippen molar-refractivity contribution < 1.29 is 4.79 Å². The normalized spacial score (nSPS) is 9.43. The Morgan fingerprint density at radius 3 is 2.57 bits per heavy atom. The van der Waals surface area contributed by atoms with Crippen molar-refractivity contribution in [1.82, 2.24) is 15.1 Å². The van der Waals surface area contributed by atoms with Gasteiger partial charge in [0.1, 0.15) is 0 Å². The average Bonchev–Trinajstić information content (AvgIpc) is 2.69. The summed E-state index contributed by atoms with van der Waals surface area (Å²) in [5.74, 6) is -0.0708. The lowest BCUT2D eigenvalue weighted by molar-refractivity contribution is 0.0791. The van der Waals surface area contributed by atoms with Crippen LogP contribution in [0, 0.1) is 0 Å². The molecule has 0 bridgehead atoms. The molecule has 0 saturated carbocycles.